The summed E-state index contributed by atoms with van der Waals surface area (Å²) in [5.74, 6) is -0.399. The second-order valence-corrected chi connectivity index (χ2v) is 10.7. The molecule has 1 aliphatic rings. The van der Waals surface area contributed by atoms with Crippen LogP contribution in [0.15, 0.2) is 53.6 Å². The van der Waals surface area contributed by atoms with Crippen LogP contribution in [0.5, 0.6) is 0 Å². The van der Waals surface area contributed by atoms with Crippen LogP contribution in [0.1, 0.15) is 31.7 Å². The van der Waals surface area contributed by atoms with Crippen LogP contribution in [0.4, 0.5) is 26.2 Å². The van der Waals surface area contributed by atoms with Crippen molar-refractivity contribution in [3.63, 3.8) is 0 Å². The minimum absolute atomic E-state index is 0.00104. The topological polar surface area (TPSA) is 105 Å². The smallest absolute Gasteiger partial charge is 0.240 e. The molecule has 0 amide bonds. The summed E-state index contributed by atoms with van der Waals surface area (Å²) in [5.41, 5.74) is 1.40. The molecule has 12 heteroatoms. The maximum Gasteiger partial charge on any atom is 0.240 e. The van der Waals surface area contributed by atoms with E-state index in [1.54, 1.807) is 18.3 Å². The number of nitrogens with zero attached hydrogens (tertiary/aromatic N) is 5. The zero-order chi connectivity index (χ0) is 26.0. The van der Waals surface area contributed by atoms with Crippen LogP contribution < -0.4 is 14.9 Å². The minimum atomic E-state index is -3.96. The van der Waals surface area contributed by atoms with Gasteiger partial charge in [0.1, 0.15) is 17.5 Å². The van der Waals surface area contributed by atoms with Crippen LogP contribution >= 0.6 is 0 Å². The molecule has 4 aromatic rings. The van der Waals surface area contributed by atoms with E-state index in [0.29, 0.717) is 29.6 Å². The lowest BCUT2D eigenvalue weighted by Gasteiger charge is -2.17. The van der Waals surface area contributed by atoms with E-state index in [4.69, 9.17) is 9.97 Å². The van der Waals surface area contributed by atoms with E-state index in [9.17, 15) is 17.2 Å². The van der Waals surface area contributed by atoms with Gasteiger partial charge in [0.25, 0.3) is 0 Å². The Bertz CT molecular complexity index is 1520. The summed E-state index contributed by atoms with van der Waals surface area (Å²) in [5, 5.41) is 8.45. The highest BCUT2D eigenvalue weighted by atomic mass is 32.2. The SMILES string of the molecule is CCCn1ncc2c(Nc3cccc(S(=O)(=O)NCc4cc(F)cc(F)c4)c3)nc(N3CCCC3)nc21. The van der Waals surface area contributed by atoms with Gasteiger partial charge in [-0.05, 0) is 55.2 Å². The normalized spacial score (nSPS) is 14.0. The van der Waals surface area contributed by atoms with Crippen molar-refractivity contribution < 1.29 is 17.2 Å². The van der Waals surface area contributed by atoms with Gasteiger partial charge < -0.3 is 10.2 Å². The van der Waals surface area contributed by atoms with E-state index < -0.39 is 21.7 Å². The predicted octanol–water partition coefficient (Wildman–Crippen LogP) is 4.34. The molecule has 0 spiro atoms. The number of halogens is 2. The third-order valence-electron chi connectivity index (χ3n) is 6.10. The van der Waals surface area contributed by atoms with Gasteiger partial charge in [-0.1, -0.05) is 13.0 Å². The van der Waals surface area contributed by atoms with Gasteiger partial charge in [-0.3, -0.25) is 0 Å². The standard InChI is InChI=1S/C25H27F2N7O2S/c1-2-8-34-24-22(16-28-34)23(31-25(32-24)33-9-3-4-10-33)30-20-6-5-7-21(14-20)37(35,36)29-15-17-11-18(26)13-19(27)12-17/h5-7,11-14,16,29H,2-4,8-10,15H2,1H3,(H,30,31,32). The molecule has 0 radical (unpaired) electrons. The Kier molecular flexibility index (Phi) is 7.02. The lowest BCUT2D eigenvalue weighted by atomic mass is 10.2. The first-order valence-corrected chi connectivity index (χ1v) is 13.6. The van der Waals surface area contributed by atoms with Crippen LogP contribution in [0, 0.1) is 11.6 Å². The van der Waals surface area contributed by atoms with E-state index >= 15 is 0 Å². The molecular weight excluding hydrogens is 500 g/mol. The van der Waals surface area contributed by atoms with E-state index in [0.717, 1.165) is 55.9 Å². The molecule has 194 valence electrons. The Morgan fingerprint density at radius 2 is 1.78 bits per heavy atom. The summed E-state index contributed by atoms with van der Waals surface area (Å²) < 4.78 is 57.0. The Hall–Kier alpha value is -3.64. The van der Waals surface area contributed by atoms with Crippen LogP contribution in [0.2, 0.25) is 0 Å². The summed E-state index contributed by atoms with van der Waals surface area (Å²) in [6.45, 7) is 4.29. The fourth-order valence-electron chi connectivity index (χ4n) is 4.33. The average Bonchev–Trinajstić information content (AvgIpc) is 3.54. The van der Waals surface area contributed by atoms with Gasteiger partial charge in [-0.2, -0.15) is 15.1 Å². The number of benzene rings is 2. The molecule has 1 aliphatic heterocycles. The van der Waals surface area contributed by atoms with Gasteiger partial charge in [0, 0.05) is 37.9 Å². The zero-order valence-electron chi connectivity index (χ0n) is 20.3. The fourth-order valence-corrected chi connectivity index (χ4v) is 5.39. The van der Waals surface area contributed by atoms with E-state index in [-0.39, 0.29) is 17.0 Å². The van der Waals surface area contributed by atoms with Crippen molar-refractivity contribution in [2.45, 2.75) is 44.2 Å². The molecule has 1 saturated heterocycles. The molecule has 5 rings (SSSR count). The Balaban J connectivity index is 1.42. The van der Waals surface area contributed by atoms with Gasteiger partial charge in [-0.15, -0.1) is 0 Å². The van der Waals surface area contributed by atoms with Crippen molar-refractivity contribution in [2.75, 3.05) is 23.3 Å². The highest BCUT2D eigenvalue weighted by molar-refractivity contribution is 7.89. The first kappa shape index (κ1) is 25.0. The Labute approximate surface area is 213 Å². The highest BCUT2D eigenvalue weighted by Gasteiger charge is 2.20. The van der Waals surface area contributed by atoms with Crippen LogP contribution in [-0.4, -0.2) is 41.3 Å². The minimum Gasteiger partial charge on any atom is -0.341 e. The summed E-state index contributed by atoms with van der Waals surface area (Å²) in [4.78, 5) is 11.7. The van der Waals surface area contributed by atoms with E-state index in [1.807, 2.05) is 4.68 Å². The summed E-state index contributed by atoms with van der Waals surface area (Å²) >= 11 is 0. The van der Waals surface area contributed by atoms with E-state index in [2.05, 4.69) is 27.0 Å². The van der Waals surface area contributed by atoms with Gasteiger partial charge >= 0.3 is 0 Å². The molecule has 3 heterocycles. The number of rotatable bonds is 9. The number of anilines is 3. The van der Waals surface area contributed by atoms with Crippen molar-refractivity contribution in [3.8, 4) is 0 Å². The Morgan fingerprint density at radius 3 is 2.51 bits per heavy atom. The highest BCUT2D eigenvalue weighted by Crippen LogP contribution is 2.29. The van der Waals surface area contributed by atoms with Crippen molar-refractivity contribution in [3.05, 3.63) is 65.9 Å². The number of nitrogens with one attached hydrogen (secondary N) is 2. The van der Waals surface area contributed by atoms with Gasteiger partial charge in [0.2, 0.25) is 16.0 Å². The van der Waals surface area contributed by atoms with Crippen molar-refractivity contribution in [1.29, 1.82) is 0 Å². The molecule has 1 fully saturated rings. The largest absolute Gasteiger partial charge is 0.341 e. The lowest BCUT2D eigenvalue weighted by molar-refractivity contribution is 0.571. The molecule has 0 bridgehead atoms. The third-order valence-corrected chi connectivity index (χ3v) is 7.50. The number of sulfonamides is 1. The zero-order valence-corrected chi connectivity index (χ0v) is 21.1. The number of aryl methyl sites for hydroxylation is 1. The van der Waals surface area contributed by atoms with E-state index in [1.165, 1.54) is 12.1 Å². The molecule has 2 aromatic carbocycles. The van der Waals surface area contributed by atoms with Crippen molar-refractivity contribution >= 4 is 38.5 Å². The number of fused-ring (bicyclic) bond motifs is 1. The first-order valence-electron chi connectivity index (χ1n) is 12.1. The monoisotopic (exact) mass is 527 g/mol. The molecule has 9 nitrogen and oxygen atoms in total. The van der Waals surface area contributed by atoms with Crippen LogP contribution in [-0.2, 0) is 23.1 Å². The summed E-state index contributed by atoms with van der Waals surface area (Å²) in [6.07, 6.45) is 4.76. The number of aromatic nitrogens is 4. The molecule has 0 saturated carbocycles. The molecule has 0 unspecified atom stereocenters. The third kappa shape index (κ3) is 5.54. The molecule has 0 atom stereocenters. The molecular formula is C25H27F2N7O2S. The quantitative estimate of drug-likeness (QED) is 0.334. The van der Waals surface area contributed by atoms with Crippen LogP contribution in [0.25, 0.3) is 11.0 Å². The maximum atomic E-state index is 13.5. The molecule has 2 N–H and O–H groups in total. The molecule has 2 aromatic heterocycles. The average molecular weight is 528 g/mol. The summed E-state index contributed by atoms with van der Waals surface area (Å²) in [7, 11) is -3.96. The second-order valence-electron chi connectivity index (χ2n) is 8.93. The summed E-state index contributed by atoms with van der Waals surface area (Å²) in [6, 6.07) is 9.18. The second kappa shape index (κ2) is 10.4. The first-order chi connectivity index (χ1) is 17.8. The Morgan fingerprint density at radius 1 is 1.03 bits per heavy atom. The lowest BCUT2D eigenvalue weighted by Crippen LogP contribution is -2.23. The number of hydrogen-bond donors (Lipinski definition) is 2. The van der Waals surface area contributed by atoms with Gasteiger partial charge in [-0.25, -0.2) is 26.6 Å². The van der Waals surface area contributed by atoms with Crippen LogP contribution in [0.3, 0.4) is 0 Å². The fraction of sp³-hybridized carbons (Fsp3) is 0.320. The molecule has 37 heavy (non-hydrogen) atoms. The predicted molar refractivity (Wildman–Crippen MR) is 137 cm³/mol. The maximum absolute atomic E-state index is 13.5. The van der Waals surface area contributed by atoms with Gasteiger partial charge in [0.05, 0.1) is 16.5 Å². The molecule has 0 aliphatic carbocycles. The van der Waals surface area contributed by atoms with Gasteiger partial charge in [0.15, 0.2) is 5.65 Å². The number of hydrogen-bond acceptors (Lipinski definition) is 7. The van der Waals surface area contributed by atoms with Crippen molar-refractivity contribution in [1.82, 2.24) is 24.5 Å². The van der Waals surface area contributed by atoms with Crippen molar-refractivity contribution in [2.24, 2.45) is 0 Å².